The van der Waals surface area contributed by atoms with Crippen LogP contribution in [0.25, 0.3) is 28.2 Å². The largest absolute Gasteiger partial charge is 0.478 e. The van der Waals surface area contributed by atoms with Gasteiger partial charge in [-0.15, -0.1) is 0 Å². The quantitative estimate of drug-likeness (QED) is 0.213. The summed E-state index contributed by atoms with van der Waals surface area (Å²) < 4.78 is 2.17. The maximum atomic E-state index is 13.4. The smallest absolute Gasteiger partial charge is 0.328 e. The number of hydrogen-bond acceptors (Lipinski definition) is 4. The minimum absolute atomic E-state index is 0.339. The zero-order valence-electron chi connectivity index (χ0n) is 24.4. The first-order valence-electron chi connectivity index (χ1n) is 14.2. The third-order valence-corrected chi connectivity index (χ3v) is 8.03. The van der Waals surface area contributed by atoms with Crippen molar-refractivity contribution in [1.82, 2.24) is 14.9 Å². The molecule has 0 spiro atoms. The van der Waals surface area contributed by atoms with Crippen molar-refractivity contribution in [2.75, 3.05) is 5.32 Å². The zero-order chi connectivity index (χ0) is 30.0. The van der Waals surface area contributed by atoms with Gasteiger partial charge < -0.3 is 20.3 Å². The molecule has 0 atom stereocenters. The van der Waals surface area contributed by atoms with Crippen LogP contribution >= 0.6 is 0 Å². The standard InChI is InChI=1S/C34H36N4O4/c1-21-9-13-25(20-35-21)31-30(23-7-5-6-8-23)27-17-14-24(19-28(27)38(31)4)32(41)37-34(2,3)33(42)36-26-15-10-22(11-16-26)12-18-29(39)40/h9-20,23H,5-8H2,1-4H3,(H,36,42)(H,37,41)(H,39,40)/b18-12+. The van der Waals surface area contributed by atoms with Crippen molar-refractivity contribution in [2.45, 2.75) is 57.9 Å². The summed E-state index contributed by atoms with van der Waals surface area (Å²) in [5.41, 5.74) is 5.99. The summed E-state index contributed by atoms with van der Waals surface area (Å²) in [6.45, 7) is 5.30. The molecule has 0 radical (unpaired) electrons. The van der Waals surface area contributed by atoms with Gasteiger partial charge in [0.25, 0.3) is 5.91 Å². The highest BCUT2D eigenvalue weighted by molar-refractivity contribution is 6.05. The number of carbonyl (C=O) groups excluding carboxylic acids is 2. The van der Waals surface area contributed by atoms with Crippen LogP contribution in [0.15, 0.2) is 66.9 Å². The van der Waals surface area contributed by atoms with E-state index in [-0.39, 0.29) is 11.8 Å². The molecule has 1 saturated carbocycles. The fourth-order valence-electron chi connectivity index (χ4n) is 5.74. The molecule has 8 heteroatoms. The van der Waals surface area contributed by atoms with E-state index in [1.807, 2.05) is 44.4 Å². The molecule has 42 heavy (non-hydrogen) atoms. The van der Waals surface area contributed by atoms with Crippen molar-refractivity contribution in [1.29, 1.82) is 0 Å². The highest BCUT2D eigenvalue weighted by Gasteiger charge is 2.31. The van der Waals surface area contributed by atoms with E-state index in [9.17, 15) is 14.4 Å². The molecule has 5 rings (SSSR count). The zero-order valence-corrected chi connectivity index (χ0v) is 24.4. The summed E-state index contributed by atoms with van der Waals surface area (Å²) in [4.78, 5) is 41.8. The van der Waals surface area contributed by atoms with Crippen LogP contribution in [0, 0.1) is 6.92 Å². The Hall–Kier alpha value is -4.72. The van der Waals surface area contributed by atoms with Crippen LogP contribution in [0.1, 0.15) is 72.6 Å². The van der Waals surface area contributed by atoms with Gasteiger partial charge in [0.15, 0.2) is 0 Å². The van der Waals surface area contributed by atoms with Gasteiger partial charge in [-0.1, -0.05) is 31.0 Å². The average molecular weight is 565 g/mol. The molecule has 1 fully saturated rings. The van der Waals surface area contributed by atoms with Gasteiger partial charge in [0.2, 0.25) is 5.91 Å². The van der Waals surface area contributed by atoms with E-state index < -0.39 is 11.5 Å². The monoisotopic (exact) mass is 564 g/mol. The highest BCUT2D eigenvalue weighted by Crippen LogP contribution is 2.44. The fourth-order valence-corrected chi connectivity index (χ4v) is 5.74. The van der Waals surface area contributed by atoms with Crippen LogP contribution < -0.4 is 10.6 Å². The van der Waals surface area contributed by atoms with Gasteiger partial charge in [-0.05, 0) is 93.1 Å². The van der Waals surface area contributed by atoms with Gasteiger partial charge in [-0.3, -0.25) is 14.6 Å². The summed E-state index contributed by atoms with van der Waals surface area (Å²) in [6.07, 6.45) is 9.19. The van der Waals surface area contributed by atoms with Gasteiger partial charge in [-0.2, -0.15) is 0 Å². The Morgan fingerprint density at radius 3 is 2.38 bits per heavy atom. The van der Waals surface area contributed by atoms with Crippen molar-refractivity contribution < 1.29 is 19.5 Å². The molecule has 0 unspecified atom stereocenters. The number of nitrogens with zero attached hydrogens (tertiary/aromatic N) is 2. The molecule has 1 aliphatic rings. The highest BCUT2D eigenvalue weighted by atomic mass is 16.4. The van der Waals surface area contributed by atoms with Crippen molar-refractivity contribution in [2.24, 2.45) is 7.05 Å². The maximum Gasteiger partial charge on any atom is 0.328 e. The van der Waals surface area contributed by atoms with Crippen molar-refractivity contribution in [3.8, 4) is 11.3 Å². The van der Waals surface area contributed by atoms with Crippen LogP contribution in [0.5, 0.6) is 0 Å². The summed E-state index contributed by atoms with van der Waals surface area (Å²) in [5.74, 6) is -1.28. The minimum atomic E-state index is -1.20. The van der Waals surface area contributed by atoms with Gasteiger partial charge in [0.1, 0.15) is 5.54 Å². The number of carboxylic acids is 1. The number of amides is 2. The van der Waals surface area contributed by atoms with E-state index in [0.717, 1.165) is 46.8 Å². The van der Waals surface area contributed by atoms with E-state index >= 15 is 0 Å². The van der Waals surface area contributed by atoms with E-state index in [1.165, 1.54) is 24.5 Å². The number of pyridine rings is 1. The Kier molecular flexibility index (Phi) is 7.98. The summed E-state index contributed by atoms with van der Waals surface area (Å²) in [5, 5.41) is 15.7. The fraction of sp³-hybridized carbons (Fsp3) is 0.294. The number of aryl methyl sites for hydroxylation is 2. The third-order valence-electron chi connectivity index (χ3n) is 8.03. The number of fused-ring (bicyclic) bond motifs is 1. The van der Waals surface area contributed by atoms with Crippen LogP contribution in [-0.2, 0) is 16.6 Å². The molecule has 0 aliphatic heterocycles. The van der Waals surface area contributed by atoms with Crippen LogP contribution in [0.4, 0.5) is 5.69 Å². The van der Waals surface area contributed by atoms with Gasteiger partial charge in [0.05, 0.1) is 5.69 Å². The summed E-state index contributed by atoms with van der Waals surface area (Å²) in [7, 11) is 2.04. The number of aromatic nitrogens is 2. The number of aliphatic carboxylic acids is 1. The molecule has 8 nitrogen and oxygen atoms in total. The van der Waals surface area contributed by atoms with Crippen LogP contribution in [-0.4, -0.2) is 38.0 Å². The lowest BCUT2D eigenvalue weighted by Gasteiger charge is -2.25. The Bertz CT molecular complexity index is 1680. The number of nitrogens with one attached hydrogen (secondary N) is 2. The third kappa shape index (κ3) is 5.98. The SMILES string of the molecule is Cc1ccc(-c2c(C3CCCC3)c3ccc(C(=O)NC(C)(C)C(=O)Nc4ccc(/C=C/C(=O)O)cc4)cc3n2C)cn1. The van der Waals surface area contributed by atoms with E-state index in [4.69, 9.17) is 5.11 Å². The predicted molar refractivity (Wildman–Crippen MR) is 165 cm³/mol. The first-order chi connectivity index (χ1) is 20.0. The van der Waals surface area contributed by atoms with Gasteiger partial charge >= 0.3 is 5.97 Å². The Morgan fingerprint density at radius 2 is 1.74 bits per heavy atom. The number of hydrogen-bond donors (Lipinski definition) is 3. The Labute approximate surface area is 245 Å². The molecule has 2 heterocycles. The number of benzene rings is 2. The van der Waals surface area contributed by atoms with Crippen molar-refractivity contribution in [3.63, 3.8) is 0 Å². The van der Waals surface area contributed by atoms with Crippen molar-refractivity contribution >= 4 is 40.4 Å². The molecule has 3 N–H and O–H groups in total. The number of carbonyl (C=O) groups is 3. The molecule has 2 aromatic heterocycles. The van der Waals surface area contributed by atoms with E-state index in [2.05, 4.69) is 26.3 Å². The molecule has 4 aromatic rings. The lowest BCUT2D eigenvalue weighted by Crippen LogP contribution is -2.52. The molecular weight excluding hydrogens is 528 g/mol. The molecular formula is C34H36N4O4. The second kappa shape index (κ2) is 11.6. The van der Waals surface area contributed by atoms with Crippen LogP contribution in [0.2, 0.25) is 0 Å². The second-order valence-electron chi connectivity index (χ2n) is 11.5. The number of carboxylic acid groups (broad SMARTS) is 1. The Balaban J connectivity index is 1.38. The van der Waals surface area contributed by atoms with Crippen LogP contribution in [0.3, 0.4) is 0 Å². The normalized spacial score (nSPS) is 14.0. The minimum Gasteiger partial charge on any atom is -0.478 e. The van der Waals surface area contributed by atoms with Gasteiger partial charge in [0, 0.05) is 52.7 Å². The average Bonchev–Trinajstić information content (AvgIpc) is 3.59. The number of rotatable bonds is 8. The van der Waals surface area contributed by atoms with E-state index in [0.29, 0.717) is 22.7 Å². The molecule has 2 amide bonds. The maximum absolute atomic E-state index is 13.4. The lowest BCUT2D eigenvalue weighted by molar-refractivity contribution is -0.131. The van der Waals surface area contributed by atoms with E-state index in [1.54, 1.807) is 38.1 Å². The number of anilines is 1. The summed E-state index contributed by atoms with van der Waals surface area (Å²) in [6, 6.07) is 16.7. The molecule has 0 bridgehead atoms. The Morgan fingerprint density at radius 1 is 1.02 bits per heavy atom. The lowest BCUT2D eigenvalue weighted by atomic mass is 9.92. The van der Waals surface area contributed by atoms with Gasteiger partial charge in [-0.25, -0.2) is 4.79 Å². The molecule has 216 valence electrons. The topological polar surface area (TPSA) is 113 Å². The second-order valence-corrected chi connectivity index (χ2v) is 11.5. The first kappa shape index (κ1) is 28.8. The molecule has 0 saturated heterocycles. The molecule has 1 aliphatic carbocycles. The first-order valence-corrected chi connectivity index (χ1v) is 14.2. The van der Waals surface area contributed by atoms with Crippen molar-refractivity contribution in [3.05, 3.63) is 89.3 Å². The molecule has 2 aromatic carbocycles. The predicted octanol–water partition coefficient (Wildman–Crippen LogP) is 6.45. The summed E-state index contributed by atoms with van der Waals surface area (Å²) >= 11 is 0.